The van der Waals surface area contributed by atoms with E-state index < -0.39 is 11.9 Å². The van der Waals surface area contributed by atoms with Gasteiger partial charge in [0.1, 0.15) is 0 Å². The van der Waals surface area contributed by atoms with Crippen molar-refractivity contribution in [3.05, 3.63) is 29.2 Å². The molecule has 7 heteroatoms. The molecule has 0 radical (unpaired) electrons. The third-order valence-corrected chi connectivity index (χ3v) is 2.99. The number of anilines is 1. The number of nitrogens with zero attached hydrogens (tertiary/aromatic N) is 2. The maximum Gasteiger partial charge on any atom is 0.359 e. The number of hydrogen-bond donors (Lipinski definition) is 1. The molecule has 0 unspecified atom stereocenters. The maximum absolute atomic E-state index is 12.1. The van der Waals surface area contributed by atoms with Gasteiger partial charge in [-0.05, 0) is 32.4 Å². The van der Waals surface area contributed by atoms with E-state index in [1.54, 1.807) is 26.1 Å². The summed E-state index contributed by atoms with van der Waals surface area (Å²) < 4.78 is 11.4. The molecule has 0 atom stereocenters. The van der Waals surface area contributed by atoms with Crippen LogP contribution in [-0.2, 0) is 9.47 Å². The van der Waals surface area contributed by atoms with Gasteiger partial charge in [-0.3, -0.25) is 4.40 Å². The lowest BCUT2D eigenvalue weighted by atomic mass is 10.2. The highest BCUT2D eigenvalue weighted by molar-refractivity contribution is 6.02. The van der Waals surface area contributed by atoms with Crippen LogP contribution >= 0.6 is 0 Å². The number of rotatable bonds is 4. The summed E-state index contributed by atoms with van der Waals surface area (Å²) in [5, 5.41) is 0. The zero-order valence-corrected chi connectivity index (χ0v) is 12.2. The van der Waals surface area contributed by atoms with Gasteiger partial charge in [0.25, 0.3) is 0 Å². The third kappa shape index (κ3) is 2.54. The van der Waals surface area contributed by atoms with Crippen LogP contribution in [0.4, 0.5) is 5.69 Å². The van der Waals surface area contributed by atoms with Crippen molar-refractivity contribution in [3.63, 3.8) is 0 Å². The van der Waals surface area contributed by atoms with Crippen molar-refractivity contribution in [3.8, 4) is 0 Å². The fraction of sp³-hybridized carbons (Fsp3) is 0.357. The Kier molecular flexibility index (Phi) is 4.11. The predicted octanol–water partition coefficient (Wildman–Crippen LogP) is 1.58. The number of carbonyl (C=O) groups is 2. The standard InChI is InChI=1S/C14H17N3O4/c1-4-20-13(18)10-11(14(19)21-5-2)17-7-6-8(3)9(15)12(17)16-10/h6-7H,4-5,15H2,1-3H3. The Labute approximate surface area is 121 Å². The van der Waals surface area contributed by atoms with Crippen LogP contribution in [0.15, 0.2) is 12.3 Å². The number of ether oxygens (including phenoxy) is 2. The lowest BCUT2D eigenvalue weighted by Crippen LogP contribution is -2.15. The van der Waals surface area contributed by atoms with Crippen molar-refractivity contribution < 1.29 is 19.1 Å². The Balaban J connectivity index is 2.71. The second kappa shape index (κ2) is 5.82. The summed E-state index contributed by atoms with van der Waals surface area (Å²) in [6.07, 6.45) is 1.63. The van der Waals surface area contributed by atoms with Crippen LogP contribution in [0.2, 0.25) is 0 Å². The Bertz CT molecular complexity index is 706. The second-order valence-corrected chi connectivity index (χ2v) is 4.36. The average Bonchev–Trinajstić information content (AvgIpc) is 2.84. The summed E-state index contributed by atoms with van der Waals surface area (Å²) >= 11 is 0. The highest BCUT2D eigenvalue weighted by Crippen LogP contribution is 2.22. The SMILES string of the molecule is CCOC(=O)c1nc2c(N)c(C)ccn2c1C(=O)OCC. The van der Waals surface area contributed by atoms with E-state index in [1.807, 2.05) is 6.92 Å². The quantitative estimate of drug-likeness (QED) is 0.859. The van der Waals surface area contributed by atoms with Gasteiger partial charge < -0.3 is 15.2 Å². The van der Waals surface area contributed by atoms with Crippen LogP contribution in [0.5, 0.6) is 0 Å². The number of nitrogens with two attached hydrogens (primary N) is 1. The Morgan fingerprint density at radius 1 is 1.24 bits per heavy atom. The first-order valence-electron chi connectivity index (χ1n) is 6.62. The molecule has 0 aromatic carbocycles. The van der Waals surface area contributed by atoms with Gasteiger partial charge in [-0.25, -0.2) is 14.6 Å². The largest absolute Gasteiger partial charge is 0.461 e. The molecule has 0 aliphatic carbocycles. The minimum atomic E-state index is -0.679. The molecule has 0 bridgehead atoms. The maximum atomic E-state index is 12.1. The summed E-state index contributed by atoms with van der Waals surface area (Å²) in [4.78, 5) is 28.3. The van der Waals surface area contributed by atoms with Crippen LogP contribution in [0.1, 0.15) is 40.4 Å². The first-order valence-corrected chi connectivity index (χ1v) is 6.62. The minimum Gasteiger partial charge on any atom is -0.461 e. The fourth-order valence-electron chi connectivity index (χ4n) is 1.96. The molecule has 2 N–H and O–H groups in total. The van der Waals surface area contributed by atoms with Crippen LogP contribution < -0.4 is 5.73 Å². The zero-order valence-electron chi connectivity index (χ0n) is 12.2. The molecule has 2 aromatic heterocycles. The first kappa shape index (κ1) is 14.8. The van der Waals surface area contributed by atoms with Crippen molar-refractivity contribution in [2.75, 3.05) is 18.9 Å². The number of pyridine rings is 1. The smallest absolute Gasteiger partial charge is 0.359 e. The van der Waals surface area contributed by atoms with E-state index >= 15 is 0 Å². The van der Waals surface area contributed by atoms with Crippen molar-refractivity contribution in [1.82, 2.24) is 9.38 Å². The second-order valence-electron chi connectivity index (χ2n) is 4.36. The number of aryl methyl sites for hydroxylation is 1. The summed E-state index contributed by atoms with van der Waals surface area (Å²) in [6, 6.07) is 1.74. The average molecular weight is 291 g/mol. The molecule has 2 heterocycles. The van der Waals surface area contributed by atoms with Gasteiger partial charge in [-0.15, -0.1) is 0 Å². The molecular formula is C14H17N3O4. The predicted molar refractivity (Wildman–Crippen MR) is 76.3 cm³/mol. The van der Waals surface area contributed by atoms with Crippen molar-refractivity contribution in [2.45, 2.75) is 20.8 Å². The number of aromatic nitrogens is 2. The molecule has 0 saturated heterocycles. The van der Waals surface area contributed by atoms with Crippen molar-refractivity contribution in [1.29, 1.82) is 0 Å². The molecule has 0 aliphatic rings. The van der Waals surface area contributed by atoms with E-state index in [1.165, 1.54) is 4.40 Å². The Morgan fingerprint density at radius 3 is 2.48 bits per heavy atom. The number of nitrogen functional groups attached to an aromatic ring is 1. The summed E-state index contributed by atoms with van der Waals surface area (Å²) in [5.41, 5.74) is 7.44. The molecule has 0 amide bonds. The van der Waals surface area contributed by atoms with Crippen LogP contribution in [0.3, 0.4) is 0 Å². The van der Waals surface area contributed by atoms with E-state index in [2.05, 4.69) is 4.98 Å². The molecule has 0 spiro atoms. The highest BCUT2D eigenvalue weighted by atomic mass is 16.5. The summed E-state index contributed by atoms with van der Waals surface area (Å²) in [5.74, 6) is -1.32. The number of imidazole rings is 1. The highest BCUT2D eigenvalue weighted by Gasteiger charge is 2.27. The fourth-order valence-corrected chi connectivity index (χ4v) is 1.96. The van der Waals surface area contributed by atoms with E-state index in [4.69, 9.17) is 15.2 Å². The lowest BCUT2D eigenvalue weighted by molar-refractivity contribution is 0.0470. The number of esters is 2. The molecule has 7 nitrogen and oxygen atoms in total. The van der Waals surface area contributed by atoms with Gasteiger partial charge in [-0.2, -0.15) is 0 Å². The topological polar surface area (TPSA) is 95.9 Å². The molecule has 112 valence electrons. The van der Waals surface area contributed by atoms with Gasteiger partial charge in [0.15, 0.2) is 17.0 Å². The summed E-state index contributed by atoms with van der Waals surface area (Å²) in [6.45, 7) is 5.55. The lowest BCUT2D eigenvalue weighted by Gasteiger charge is -2.05. The van der Waals surface area contributed by atoms with Gasteiger partial charge in [0.2, 0.25) is 0 Å². The van der Waals surface area contributed by atoms with E-state index in [9.17, 15) is 9.59 Å². The van der Waals surface area contributed by atoms with Gasteiger partial charge >= 0.3 is 11.9 Å². The van der Waals surface area contributed by atoms with E-state index in [0.29, 0.717) is 11.3 Å². The number of fused-ring (bicyclic) bond motifs is 1. The van der Waals surface area contributed by atoms with Gasteiger partial charge in [0.05, 0.1) is 18.9 Å². The zero-order chi connectivity index (χ0) is 15.6. The Hall–Kier alpha value is -2.57. The molecule has 2 aromatic rings. The van der Waals surface area contributed by atoms with Gasteiger partial charge in [-0.1, -0.05) is 0 Å². The summed E-state index contributed by atoms with van der Waals surface area (Å²) in [7, 11) is 0. The molecular weight excluding hydrogens is 274 g/mol. The van der Waals surface area contributed by atoms with Crippen LogP contribution in [-0.4, -0.2) is 34.5 Å². The third-order valence-electron chi connectivity index (χ3n) is 2.99. The molecule has 0 fully saturated rings. The number of carbonyl (C=O) groups excluding carboxylic acids is 2. The van der Waals surface area contributed by atoms with E-state index in [0.717, 1.165) is 5.56 Å². The monoisotopic (exact) mass is 291 g/mol. The molecule has 0 saturated carbocycles. The molecule has 0 aliphatic heterocycles. The number of hydrogen-bond acceptors (Lipinski definition) is 6. The van der Waals surface area contributed by atoms with Crippen LogP contribution in [0.25, 0.3) is 5.65 Å². The van der Waals surface area contributed by atoms with Crippen molar-refractivity contribution in [2.24, 2.45) is 0 Å². The van der Waals surface area contributed by atoms with E-state index in [-0.39, 0.29) is 24.6 Å². The van der Waals surface area contributed by atoms with Gasteiger partial charge in [0, 0.05) is 6.20 Å². The first-order chi connectivity index (χ1) is 10.0. The molecule has 21 heavy (non-hydrogen) atoms. The molecule has 2 rings (SSSR count). The van der Waals surface area contributed by atoms with Crippen LogP contribution in [0, 0.1) is 6.92 Å². The normalized spacial score (nSPS) is 10.6. The Morgan fingerprint density at radius 2 is 1.86 bits per heavy atom. The van der Waals surface area contributed by atoms with Crippen molar-refractivity contribution >= 4 is 23.3 Å². The minimum absolute atomic E-state index is 0.0250.